The molecule has 1 aromatic rings. The fourth-order valence-corrected chi connectivity index (χ4v) is 0.986. The lowest BCUT2D eigenvalue weighted by molar-refractivity contribution is 0.238. The van der Waals surface area contributed by atoms with Crippen molar-refractivity contribution in [2.24, 2.45) is 0 Å². The van der Waals surface area contributed by atoms with E-state index in [2.05, 4.69) is 10.6 Å². The minimum Gasteiger partial charge on any atom is -0.492 e. The number of hydrogen-bond acceptors (Lipinski definition) is 3. The van der Waals surface area contributed by atoms with Crippen LogP contribution in [0.2, 0.25) is 0 Å². The summed E-state index contributed by atoms with van der Waals surface area (Å²) in [6.45, 7) is 0.890. The van der Waals surface area contributed by atoms with Crippen LogP contribution in [0.25, 0.3) is 0 Å². The van der Waals surface area contributed by atoms with Gasteiger partial charge in [-0.05, 0) is 24.3 Å². The lowest BCUT2D eigenvalue weighted by Gasteiger charge is -2.07. The number of carbonyl (C=O) groups excluding carboxylic acids is 1. The lowest BCUT2D eigenvalue weighted by Crippen LogP contribution is -2.35. The molecule has 1 aromatic carbocycles. The van der Waals surface area contributed by atoms with Gasteiger partial charge in [-0.15, -0.1) is 0 Å². The Hall–Kier alpha value is -1.91. The van der Waals surface area contributed by atoms with Crippen LogP contribution in [0.4, 0.5) is 10.5 Å². The molecule has 0 saturated heterocycles. The molecule has 5 nitrogen and oxygen atoms in total. The van der Waals surface area contributed by atoms with Gasteiger partial charge in [0.1, 0.15) is 12.4 Å². The highest BCUT2D eigenvalue weighted by Crippen LogP contribution is 2.12. The van der Waals surface area contributed by atoms with Gasteiger partial charge in [-0.2, -0.15) is 0 Å². The van der Waals surface area contributed by atoms with Crippen LogP contribution in [0.5, 0.6) is 5.75 Å². The number of hydrogen-bond donors (Lipinski definition) is 3. The van der Waals surface area contributed by atoms with Crippen LogP contribution in [0.1, 0.15) is 0 Å². The average molecular weight is 209 g/mol. The third-order valence-electron chi connectivity index (χ3n) is 1.76. The Kier molecular flexibility index (Phi) is 4.28. The SMILES string of the molecule is CNC(=O)NCCOc1ccc(N)cc1. The first kappa shape index (κ1) is 11.2. The minimum atomic E-state index is -0.212. The van der Waals surface area contributed by atoms with Crippen molar-refractivity contribution < 1.29 is 9.53 Å². The van der Waals surface area contributed by atoms with Crippen molar-refractivity contribution in [2.75, 3.05) is 25.9 Å². The molecule has 2 amide bonds. The van der Waals surface area contributed by atoms with Crippen LogP contribution in [0.15, 0.2) is 24.3 Å². The molecular formula is C10H15N3O2. The van der Waals surface area contributed by atoms with Gasteiger partial charge in [0.25, 0.3) is 0 Å². The van der Waals surface area contributed by atoms with Gasteiger partial charge in [0.15, 0.2) is 0 Å². The topological polar surface area (TPSA) is 76.4 Å². The first-order valence-electron chi connectivity index (χ1n) is 4.66. The number of ether oxygens (including phenoxy) is 1. The Bertz CT molecular complexity index is 311. The van der Waals surface area contributed by atoms with Gasteiger partial charge in [-0.3, -0.25) is 0 Å². The van der Waals surface area contributed by atoms with E-state index < -0.39 is 0 Å². The van der Waals surface area contributed by atoms with Crippen LogP contribution >= 0.6 is 0 Å². The number of anilines is 1. The summed E-state index contributed by atoms with van der Waals surface area (Å²) in [5.41, 5.74) is 6.22. The molecule has 1 rings (SSSR count). The predicted octanol–water partition coefficient (Wildman–Crippen LogP) is 0.577. The Morgan fingerprint density at radius 1 is 1.40 bits per heavy atom. The fourth-order valence-electron chi connectivity index (χ4n) is 0.986. The molecule has 0 aliphatic heterocycles. The molecule has 15 heavy (non-hydrogen) atoms. The highest BCUT2D eigenvalue weighted by atomic mass is 16.5. The Morgan fingerprint density at radius 2 is 2.07 bits per heavy atom. The summed E-state index contributed by atoms with van der Waals surface area (Å²) in [6, 6.07) is 6.89. The monoisotopic (exact) mass is 209 g/mol. The van der Waals surface area contributed by atoms with Gasteiger partial charge in [-0.25, -0.2) is 4.79 Å². The zero-order valence-electron chi connectivity index (χ0n) is 8.62. The lowest BCUT2D eigenvalue weighted by atomic mass is 10.3. The second kappa shape index (κ2) is 5.74. The maximum absolute atomic E-state index is 10.8. The van der Waals surface area contributed by atoms with E-state index in [9.17, 15) is 4.79 Å². The molecule has 5 heteroatoms. The first-order chi connectivity index (χ1) is 7.22. The van der Waals surface area contributed by atoms with E-state index in [4.69, 9.17) is 10.5 Å². The summed E-state index contributed by atoms with van der Waals surface area (Å²) in [4.78, 5) is 10.8. The standard InChI is InChI=1S/C10H15N3O2/c1-12-10(14)13-6-7-15-9-4-2-8(11)3-5-9/h2-5H,6-7,11H2,1H3,(H2,12,13,14). The zero-order valence-corrected chi connectivity index (χ0v) is 8.62. The third kappa shape index (κ3) is 4.21. The molecule has 0 fully saturated rings. The Morgan fingerprint density at radius 3 is 2.67 bits per heavy atom. The van der Waals surface area contributed by atoms with E-state index in [0.29, 0.717) is 18.8 Å². The van der Waals surface area contributed by atoms with Crippen molar-refractivity contribution in [2.45, 2.75) is 0 Å². The number of amides is 2. The number of urea groups is 1. The summed E-state index contributed by atoms with van der Waals surface area (Å²) in [5, 5.41) is 5.06. The van der Waals surface area contributed by atoms with Crippen molar-refractivity contribution in [3.8, 4) is 5.75 Å². The van der Waals surface area contributed by atoms with Gasteiger partial charge < -0.3 is 21.1 Å². The summed E-state index contributed by atoms with van der Waals surface area (Å²) in [5.74, 6) is 0.739. The Labute approximate surface area is 88.6 Å². The summed E-state index contributed by atoms with van der Waals surface area (Å²) >= 11 is 0. The first-order valence-corrected chi connectivity index (χ1v) is 4.66. The molecule has 0 unspecified atom stereocenters. The summed E-state index contributed by atoms with van der Waals surface area (Å²) in [7, 11) is 1.57. The molecule has 82 valence electrons. The molecule has 0 aromatic heterocycles. The fraction of sp³-hybridized carbons (Fsp3) is 0.300. The van der Waals surface area contributed by atoms with Crippen molar-refractivity contribution >= 4 is 11.7 Å². The largest absolute Gasteiger partial charge is 0.492 e. The van der Waals surface area contributed by atoms with Gasteiger partial charge in [0, 0.05) is 12.7 Å². The molecule has 0 saturated carbocycles. The van der Waals surface area contributed by atoms with E-state index >= 15 is 0 Å². The van der Waals surface area contributed by atoms with Crippen molar-refractivity contribution in [1.29, 1.82) is 0 Å². The minimum absolute atomic E-state index is 0.212. The second-order valence-corrected chi connectivity index (χ2v) is 2.92. The molecule has 0 atom stereocenters. The highest BCUT2D eigenvalue weighted by Gasteiger charge is 1.95. The summed E-state index contributed by atoms with van der Waals surface area (Å²) < 4.78 is 5.36. The molecule has 0 heterocycles. The third-order valence-corrected chi connectivity index (χ3v) is 1.76. The van der Waals surface area contributed by atoms with Crippen LogP contribution in [-0.4, -0.2) is 26.2 Å². The van der Waals surface area contributed by atoms with Gasteiger partial charge >= 0.3 is 6.03 Å². The predicted molar refractivity (Wildman–Crippen MR) is 58.8 cm³/mol. The molecular weight excluding hydrogens is 194 g/mol. The number of benzene rings is 1. The van der Waals surface area contributed by atoms with Crippen LogP contribution in [0, 0.1) is 0 Å². The normalized spacial score (nSPS) is 9.40. The van der Waals surface area contributed by atoms with Gasteiger partial charge in [0.2, 0.25) is 0 Å². The molecule has 4 N–H and O–H groups in total. The number of rotatable bonds is 4. The van der Waals surface area contributed by atoms with E-state index in [1.165, 1.54) is 0 Å². The maximum Gasteiger partial charge on any atom is 0.314 e. The second-order valence-electron chi connectivity index (χ2n) is 2.92. The van der Waals surface area contributed by atoms with Gasteiger partial charge in [-0.1, -0.05) is 0 Å². The number of carbonyl (C=O) groups is 1. The van der Waals surface area contributed by atoms with Crippen molar-refractivity contribution in [3.63, 3.8) is 0 Å². The molecule has 0 aliphatic rings. The van der Waals surface area contributed by atoms with E-state index in [-0.39, 0.29) is 6.03 Å². The molecule has 0 bridgehead atoms. The molecule has 0 aliphatic carbocycles. The van der Waals surface area contributed by atoms with E-state index in [1.807, 2.05) is 0 Å². The molecule has 0 spiro atoms. The number of nitrogens with one attached hydrogen (secondary N) is 2. The van der Waals surface area contributed by atoms with Crippen LogP contribution in [-0.2, 0) is 0 Å². The van der Waals surface area contributed by atoms with Crippen LogP contribution in [0.3, 0.4) is 0 Å². The number of nitrogen functional groups attached to an aromatic ring is 1. The van der Waals surface area contributed by atoms with Crippen molar-refractivity contribution in [3.05, 3.63) is 24.3 Å². The highest BCUT2D eigenvalue weighted by molar-refractivity contribution is 5.73. The smallest absolute Gasteiger partial charge is 0.314 e. The Balaban J connectivity index is 2.20. The summed E-state index contributed by atoms with van der Waals surface area (Å²) in [6.07, 6.45) is 0. The maximum atomic E-state index is 10.8. The van der Waals surface area contributed by atoms with Crippen molar-refractivity contribution in [1.82, 2.24) is 10.6 Å². The van der Waals surface area contributed by atoms with Crippen LogP contribution < -0.4 is 21.1 Å². The average Bonchev–Trinajstić information content (AvgIpc) is 2.26. The van der Waals surface area contributed by atoms with E-state index in [1.54, 1.807) is 31.3 Å². The van der Waals surface area contributed by atoms with E-state index in [0.717, 1.165) is 5.75 Å². The number of nitrogens with two attached hydrogens (primary N) is 1. The molecule has 0 radical (unpaired) electrons. The zero-order chi connectivity index (χ0) is 11.1. The quantitative estimate of drug-likeness (QED) is 0.501. The van der Waals surface area contributed by atoms with Gasteiger partial charge in [0.05, 0.1) is 6.54 Å².